The van der Waals surface area contributed by atoms with Gasteiger partial charge in [0.1, 0.15) is 5.76 Å². The summed E-state index contributed by atoms with van der Waals surface area (Å²) in [5.41, 5.74) is 5.11. The third kappa shape index (κ3) is 3.52. The molecule has 0 spiro atoms. The number of carbonyl (C=O) groups excluding carboxylic acids is 1. The highest BCUT2D eigenvalue weighted by Crippen LogP contribution is 2.33. The Kier molecular flexibility index (Phi) is 4.79. The van der Waals surface area contributed by atoms with E-state index >= 15 is 0 Å². The van der Waals surface area contributed by atoms with Gasteiger partial charge in [-0.3, -0.25) is 9.89 Å². The lowest BCUT2D eigenvalue weighted by atomic mass is 9.90. The lowest BCUT2D eigenvalue weighted by molar-refractivity contribution is -0.131. The first-order valence-electron chi connectivity index (χ1n) is 9.41. The lowest BCUT2D eigenvalue weighted by Gasteiger charge is -2.33. The number of piperidine rings is 1. The number of hydrogen-bond acceptors (Lipinski definition) is 4. The van der Waals surface area contributed by atoms with Crippen molar-refractivity contribution in [3.8, 4) is 11.1 Å². The van der Waals surface area contributed by atoms with Crippen LogP contribution in [0.1, 0.15) is 41.5 Å². The summed E-state index contributed by atoms with van der Waals surface area (Å²) in [6.07, 6.45) is 4.28. The van der Waals surface area contributed by atoms with Gasteiger partial charge in [-0.25, -0.2) is 0 Å². The van der Waals surface area contributed by atoms with E-state index in [1.54, 1.807) is 0 Å². The van der Waals surface area contributed by atoms with Gasteiger partial charge < -0.3 is 9.42 Å². The first kappa shape index (κ1) is 17.5. The summed E-state index contributed by atoms with van der Waals surface area (Å²) in [5.74, 6) is 1.13. The standard InChI is InChI=1S/C21H24N4O2/c1-14-18(15(2)27-24-14)11-20(26)25-10-6-9-17(13-25)21-19(12-22-23-21)16-7-4-3-5-8-16/h3-5,7-8,12,17H,6,9-11,13H2,1-2H3,(H,22,23)/t17-/m1/s1. The van der Waals surface area contributed by atoms with Crippen LogP contribution in [0.2, 0.25) is 0 Å². The number of nitrogens with one attached hydrogen (secondary N) is 1. The van der Waals surface area contributed by atoms with Crippen LogP contribution in [0.4, 0.5) is 0 Å². The Morgan fingerprint density at radius 2 is 2.11 bits per heavy atom. The highest BCUT2D eigenvalue weighted by atomic mass is 16.5. The van der Waals surface area contributed by atoms with Crippen molar-refractivity contribution in [2.24, 2.45) is 0 Å². The van der Waals surface area contributed by atoms with Gasteiger partial charge in [-0.15, -0.1) is 0 Å². The molecule has 4 rings (SSSR count). The number of hydrogen-bond donors (Lipinski definition) is 1. The number of likely N-dealkylation sites (tertiary alicyclic amines) is 1. The monoisotopic (exact) mass is 364 g/mol. The normalized spacial score (nSPS) is 17.3. The molecule has 6 nitrogen and oxygen atoms in total. The molecule has 1 fully saturated rings. The number of aromatic amines is 1. The van der Waals surface area contributed by atoms with Crippen LogP contribution in [0.5, 0.6) is 0 Å². The van der Waals surface area contributed by atoms with E-state index < -0.39 is 0 Å². The van der Waals surface area contributed by atoms with Crippen LogP contribution in [0, 0.1) is 13.8 Å². The van der Waals surface area contributed by atoms with Gasteiger partial charge >= 0.3 is 0 Å². The second kappa shape index (κ2) is 7.39. The van der Waals surface area contributed by atoms with E-state index in [1.165, 1.54) is 0 Å². The van der Waals surface area contributed by atoms with Crippen LogP contribution in [0.15, 0.2) is 41.1 Å². The number of amides is 1. The van der Waals surface area contributed by atoms with Crippen LogP contribution < -0.4 is 0 Å². The topological polar surface area (TPSA) is 75.0 Å². The summed E-state index contributed by atoms with van der Waals surface area (Å²) in [4.78, 5) is 14.8. The van der Waals surface area contributed by atoms with Gasteiger partial charge in [0.2, 0.25) is 5.91 Å². The van der Waals surface area contributed by atoms with Crippen molar-refractivity contribution < 1.29 is 9.32 Å². The molecule has 1 aliphatic heterocycles. The molecule has 1 aromatic carbocycles. The zero-order valence-electron chi connectivity index (χ0n) is 15.7. The first-order valence-corrected chi connectivity index (χ1v) is 9.41. The molecule has 1 amide bonds. The van der Waals surface area contributed by atoms with Gasteiger partial charge in [-0.05, 0) is 32.3 Å². The molecule has 0 aliphatic carbocycles. The van der Waals surface area contributed by atoms with Crippen molar-refractivity contribution in [1.82, 2.24) is 20.3 Å². The number of carbonyl (C=O) groups is 1. The Labute approximate surface area is 158 Å². The maximum absolute atomic E-state index is 12.9. The Morgan fingerprint density at radius 3 is 2.85 bits per heavy atom. The molecule has 140 valence electrons. The molecule has 1 aliphatic rings. The Bertz CT molecular complexity index is 909. The van der Waals surface area contributed by atoms with Gasteiger partial charge in [0.25, 0.3) is 0 Å². The molecule has 27 heavy (non-hydrogen) atoms. The first-order chi connectivity index (χ1) is 13.1. The summed E-state index contributed by atoms with van der Waals surface area (Å²) < 4.78 is 5.19. The number of H-pyrrole nitrogens is 1. The summed E-state index contributed by atoms with van der Waals surface area (Å²) in [7, 11) is 0. The van der Waals surface area contributed by atoms with Crippen LogP contribution >= 0.6 is 0 Å². The molecule has 0 bridgehead atoms. The van der Waals surface area contributed by atoms with E-state index in [-0.39, 0.29) is 11.8 Å². The minimum Gasteiger partial charge on any atom is -0.361 e. The SMILES string of the molecule is Cc1noc(C)c1CC(=O)N1CCC[C@@H](c2[nH]ncc2-c2ccccc2)C1. The number of aromatic nitrogens is 3. The molecule has 2 aromatic heterocycles. The second-order valence-corrected chi connectivity index (χ2v) is 7.22. The van der Waals surface area contributed by atoms with Crippen molar-refractivity contribution in [2.75, 3.05) is 13.1 Å². The molecule has 1 N–H and O–H groups in total. The Morgan fingerprint density at radius 1 is 1.30 bits per heavy atom. The highest BCUT2D eigenvalue weighted by molar-refractivity contribution is 5.79. The van der Waals surface area contributed by atoms with Crippen molar-refractivity contribution >= 4 is 5.91 Å². The van der Waals surface area contributed by atoms with Crippen molar-refractivity contribution in [2.45, 2.75) is 39.0 Å². The van der Waals surface area contributed by atoms with E-state index in [0.29, 0.717) is 13.0 Å². The van der Waals surface area contributed by atoms with Gasteiger partial charge in [0.05, 0.1) is 18.3 Å². The molecular formula is C21H24N4O2. The fourth-order valence-electron chi connectivity index (χ4n) is 3.91. The third-order valence-electron chi connectivity index (χ3n) is 5.45. The fourth-order valence-corrected chi connectivity index (χ4v) is 3.91. The maximum atomic E-state index is 12.9. The second-order valence-electron chi connectivity index (χ2n) is 7.22. The predicted molar refractivity (Wildman–Crippen MR) is 102 cm³/mol. The average molecular weight is 364 g/mol. The summed E-state index contributed by atoms with van der Waals surface area (Å²) >= 11 is 0. The molecule has 0 saturated carbocycles. The molecular weight excluding hydrogens is 340 g/mol. The van der Waals surface area contributed by atoms with Crippen LogP contribution in [-0.4, -0.2) is 39.3 Å². The summed E-state index contributed by atoms with van der Waals surface area (Å²) in [5, 5.41) is 11.4. The minimum atomic E-state index is 0.134. The predicted octanol–water partition coefficient (Wildman–Crippen LogP) is 3.63. The van der Waals surface area contributed by atoms with Gasteiger partial charge in [0.15, 0.2) is 0 Å². The molecule has 6 heteroatoms. The maximum Gasteiger partial charge on any atom is 0.227 e. The Hall–Kier alpha value is -2.89. The fraction of sp³-hybridized carbons (Fsp3) is 0.381. The zero-order chi connectivity index (χ0) is 18.8. The largest absolute Gasteiger partial charge is 0.361 e. The van der Waals surface area contributed by atoms with E-state index in [4.69, 9.17) is 4.52 Å². The van der Waals surface area contributed by atoms with Crippen molar-refractivity contribution in [3.05, 3.63) is 59.2 Å². The lowest BCUT2D eigenvalue weighted by Crippen LogP contribution is -2.40. The molecule has 3 heterocycles. The van der Waals surface area contributed by atoms with E-state index in [1.807, 2.05) is 43.1 Å². The van der Waals surface area contributed by atoms with Crippen LogP contribution in [0.3, 0.4) is 0 Å². The van der Waals surface area contributed by atoms with E-state index in [2.05, 4.69) is 27.5 Å². The highest BCUT2D eigenvalue weighted by Gasteiger charge is 2.28. The number of benzene rings is 1. The van der Waals surface area contributed by atoms with Crippen molar-refractivity contribution in [3.63, 3.8) is 0 Å². The van der Waals surface area contributed by atoms with Crippen molar-refractivity contribution in [1.29, 1.82) is 0 Å². The zero-order valence-corrected chi connectivity index (χ0v) is 15.7. The third-order valence-corrected chi connectivity index (χ3v) is 5.45. The van der Waals surface area contributed by atoms with Crippen LogP contribution in [0.25, 0.3) is 11.1 Å². The minimum absolute atomic E-state index is 0.134. The molecule has 0 radical (unpaired) electrons. The van der Waals surface area contributed by atoms with E-state index in [0.717, 1.165) is 53.2 Å². The number of aryl methyl sites for hydroxylation is 2. The summed E-state index contributed by atoms with van der Waals surface area (Å²) in [6, 6.07) is 10.3. The molecule has 0 unspecified atom stereocenters. The van der Waals surface area contributed by atoms with Gasteiger partial charge in [-0.2, -0.15) is 5.10 Å². The quantitative estimate of drug-likeness (QED) is 0.767. The smallest absolute Gasteiger partial charge is 0.227 e. The van der Waals surface area contributed by atoms with Gasteiger partial charge in [-0.1, -0.05) is 35.5 Å². The van der Waals surface area contributed by atoms with Crippen LogP contribution in [-0.2, 0) is 11.2 Å². The van der Waals surface area contributed by atoms with Gasteiger partial charge in [0, 0.05) is 35.8 Å². The Balaban J connectivity index is 1.51. The number of rotatable bonds is 4. The number of nitrogens with zero attached hydrogens (tertiary/aromatic N) is 3. The molecule has 1 atom stereocenters. The van der Waals surface area contributed by atoms with E-state index in [9.17, 15) is 4.79 Å². The average Bonchev–Trinajstić information content (AvgIpc) is 3.31. The summed E-state index contributed by atoms with van der Waals surface area (Å²) in [6.45, 7) is 5.25. The molecule has 3 aromatic rings. The molecule has 1 saturated heterocycles.